The summed E-state index contributed by atoms with van der Waals surface area (Å²) >= 11 is 0. The Hall–Kier alpha value is -1.23. The van der Waals surface area contributed by atoms with Gasteiger partial charge in [-0.25, -0.2) is 13.2 Å². The summed E-state index contributed by atoms with van der Waals surface area (Å²) in [5.74, 6) is -0.857. The molecule has 0 amide bonds. The number of hydrogen-bond donors (Lipinski definition) is 1. The molecule has 0 unspecified atom stereocenters. The Morgan fingerprint density at radius 3 is 2.64 bits per heavy atom. The van der Waals surface area contributed by atoms with E-state index in [2.05, 4.69) is 4.74 Å². The van der Waals surface area contributed by atoms with Crippen molar-refractivity contribution in [2.24, 2.45) is 5.73 Å². The van der Waals surface area contributed by atoms with Crippen molar-refractivity contribution >= 4 is 0 Å². The fraction of sp³-hybridized carbons (Fsp3) is 0.333. The average molecular weight is 205 g/mol. The van der Waals surface area contributed by atoms with E-state index in [4.69, 9.17) is 5.73 Å². The third kappa shape index (κ3) is 2.63. The van der Waals surface area contributed by atoms with Gasteiger partial charge in [-0.2, -0.15) is 0 Å². The SMILES string of the molecule is NCc1cccc(F)c1OCC(F)F. The number of hydrogen-bond acceptors (Lipinski definition) is 2. The van der Waals surface area contributed by atoms with Crippen LogP contribution in [0.3, 0.4) is 0 Å². The van der Waals surface area contributed by atoms with E-state index in [1.807, 2.05) is 0 Å². The van der Waals surface area contributed by atoms with E-state index in [1.54, 1.807) is 0 Å². The highest BCUT2D eigenvalue weighted by Crippen LogP contribution is 2.22. The molecular weight excluding hydrogens is 195 g/mol. The average Bonchev–Trinajstić information content (AvgIpc) is 2.15. The first kappa shape index (κ1) is 10.8. The highest BCUT2D eigenvalue weighted by Gasteiger charge is 2.11. The van der Waals surface area contributed by atoms with E-state index >= 15 is 0 Å². The van der Waals surface area contributed by atoms with Crippen LogP contribution >= 0.6 is 0 Å². The van der Waals surface area contributed by atoms with Crippen LogP contribution in [0.5, 0.6) is 5.75 Å². The predicted octanol–water partition coefficient (Wildman–Crippen LogP) is 1.93. The van der Waals surface area contributed by atoms with E-state index in [9.17, 15) is 13.2 Å². The molecule has 5 heteroatoms. The Labute approximate surface area is 79.5 Å². The van der Waals surface area contributed by atoms with Gasteiger partial charge < -0.3 is 10.5 Å². The van der Waals surface area contributed by atoms with Crippen LogP contribution in [0.1, 0.15) is 5.56 Å². The molecule has 1 rings (SSSR count). The van der Waals surface area contributed by atoms with Crippen LogP contribution in [0.4, 0.5) is 13.2 Å². The van der Waals surface area contributed by atoms with Gasteiger partial charge >= 0.3 is 0 Å². The van der Waals surface area contributed by atoms with Crippen LogP contribution in [-0.4, -0.2) is 13.0 Å². The molecule has 78 valence electrons. The van der Waals surface area contributed by atoms with Crippen LogP contribution in [0.2, 0.25) is 0 Å². The maximum Gasteiger partial charge on any atom is 0.272 e. The molecule has 1 aromatic carbocycles. The third-order valence-electron chi connectivity index (χ3n) is 1.62. The van der Waals surface area contributed by atoms with Crippen molar-refractivity contribution in [1.29, 1.82) is 0 Å². The van der Waals surface area contributed by atoms with Gasteiger partial charge in [-0.3, -0.25) is 0 Å². The molecule has 0 radical (unpaired) electrons. The fourth-order valence-electron chi connectivity index (χ4n) is 1.02. The summed E-state index contributed by atoms with van der Waals surface area (Å²) in [6.45, 7) is -0.774. The summed E-state index contributed by atoms with van der Waals surface area (Å²) in [6.07, 6.45) is -2.62. The van der Waals surface area contributed by atoms with Crippen molar-refractivity contribution in [2.75, 3.05) is 6.61 Å². The number of nitrogens with two attached hydrogens (primary N) is 1. The van der Waals surface area contributed by atoms with Gasteiger partial charge in [0, 0.05) is 12.1 Å². The normalized spacial score (nSPS) is 10.6. The molecule has 0 aliphatic rings. The quantitative estimate of drug-likeness (QED) is 0.815. The van der Waals surface area contributed by atoms with Gasteiger partial charge in [0.15, 0.2) is 11.6 Å². The molecule has 0 saturated heterocycles. The maximum absolute atomic E-state index is 13.1. The van der Waals surface area contributed by atoms with Crippen molar-refractivity contribution in [3.05, 3.63) is 29.6 Å². The van der Waals surface area contributed by atoms with Crippen LogP contribution in [0, 0.1) is 5.82 Å². The number of rotatable bonds is 4. The standard InChI is InChI=1S/C9H10F3NO/c10-7-3-1-2-6(4-13)9(7)14-5-8(11)12/h1-3,8H,4-5,13H2. The molecule has 0 fully saturated rings. The summed E-state index contributed by atoms with van der Waals surface area (Å²) < 4.78 is 41.3. The number of benzene rings is 1. The summed E-state index contributed by atoms with van der Waals surface area (Å²) in [5, 5.41) is 0. The molecule has 0 aliphatic carbocycles. The molecule has 0 saturated carbocycles. The maximum atomic E-state index is 13.1. The Morgan fingerprint density at radius 1 is 1.36 bits per heavy atom. The zero-order valence-corrected chi connectivity index (χ0v) is 7.34. The van der Waals surface area contributed by atoms with Gasteiger partial charge in [0.2, 0.25) is 0 Å². The Bertz CT molecular complexity index is 304. The highest BCUT2D eigenvalue weighted by molar-refractivity contribution is 5.34. The summed E-state index contributed by atoms with van der Waals surface area (Å²) in [7, 11) is 0. The molecule has 0 aliphatic heterocycles. The van der Waals surface area contributed by atoms with Crippen molar-refractivity contribution in [3.63, 3.8) is 0 Å². The lowest BCUT2D eigenvalue weighted by Crippen LogP contribution is -2.11. The Morgan fingerprint density at radius 2 is 2.07 bits per heavy atom. The third-order valence-corrected chi connectivity index (χ3v) is 1.62. The van der Waals surface area contributed by atoms with Gasteiger partial charge in [0.25, 0.3) is 6.43 Å². The van der Waals surface area contributed by atoms with Crippen molar-refractivity contribution in [3.8, 4) is 5.75 Å². The fourth-order valence-corrected chi connectivity index (χ4v) is 1.02. The lowest BCUT2D eigenvalue weighted by atomic mass is 10.2. The van der Waals surface area contributed by atoms with E-state index in [1.165, 1.54) is 12.1 Å². The number of para-hydroxylation sites is 1. The lowest BCUT2D eigenvalue weighted by Gasteiger charge is -2.10. The Kier molecular flexibility index (Phi) is 3.76. The number of ether oxygens (including phenoxy) is 1. The van der Waals surface area contributed by atoms with Crippen LogP contribution in [0.25, 0.3) is 0 Å². The number of halogens is 3. The molecule has 0 aromatic heterocycles. The van der Waals surface area contributed by atoms with Crippen LogP contribution < -0.4 is 10.5 Å². The van der Waals surface area contributed by atoms with E-state index < -0.39 is 18.8 Å². The second-order valence-electron chi connectivity index (χ2n) is 2.63. The molecule has 2 nitrogen and oxygen atoms in total. The molecule has 0 atom stereocenters. The predicted molar refractivity (Wildman–Crippen MR) is 45.8 cm³/mol. The monoisotopic (exact) mass is 205 g/mol. The van der Waals surface area contributed by atoms with Gasteiger partial charge in [-0.1, -0.05) is 12.1 Å². The topological polar surface area (TPSA) is 35.2 Å². The molecule has 0 spiro atoms. The minimum absolute atomic E-state index is 0.0519. The van der Waals surface area contributed by atoms with Gasteiger partial charge in [-0.15, -0.1) is 0 Å². The van der Waals surface area contributed by atoms with Gasteiger partial charge in [0.05, 0.1) is 0 Å². The number of alkyl halides is 2. The molecule has 2 N–H and O–H groups in total. The minimum atomic E-state index is -2.62. The largest absolute Gasteiger partial charge is 0.484 e. The first-order valence-corrected chi connectivity index (χ1v) is 4.03. The smallest absolute Gasteiger partial charge is 0.272 e. The summed E-state index contributed by atoms with van der Waals surface area (Å²) in [6, 6.07) is 4.12. The van der Waals surface area contributed by atoms with Crippen molar-refractivity contribution < 1.29 is 17.9 Å². The minimum Gasteiger partial charge on any atom is -0.484 e. The van der Waals surface area contributed by atoms with E-state index in [-0.39, 0.29) is 12.3 Å². The molecule has 14 heavy (non-hydrogen) atoms. The van der Waals surface area contributed by atoms with Crippen LogP contribution in [0.15, 0.2) is 18.2 Å². The first-order valence-electron chi connectivity index (χ1n) is 4.03. The van der Waals surface area contributed by atoms with Crippen LogP contribution in [-0.2, 0) is 6.54 Å². The molecular formula is C9H10F3NO. The molecule has 0 heterocycles. The first-order chi connectivity index (χ1) is 6.65. The Balaban J connectivity index is 2.82. The summed E-state index contributed by atoms with van der Waals surface area (Å²) in [5.41, 5.74) is 5.67. The second-order valence-corrected chi connectivity index (χ2v) is 2.63. The van der Waals surface area contributed by atoms with Crippen molar-refractivity contribution in [2.45, 2.75) is 13.0 Å². The zero-order valence-electron chi connectivity index (χ0n) is 7.34. The zero-order chi connectivity index (χ0) is 10.6. The van der Waals surface area contributed by atoms with Gasteiger partial charge in [0.1, 0.15) is 6.61 Å². The highest BCUT2D eigenvalue weighted by atomic mass is 19.3. The lowest BCUT2D eigenvalue weighted by molar-refractivity contribution is 0.0794. The molecule has 0 bridgehead atoms. The summed E-state index contributed by atoms with van der Waals surface area (Å²) in [4.78, 5) is 0. The van der Waals surface area contributed by atoms with Gasteiger partial charge in [-0.05, 0) is 6.07 Å². The van der Waals surface area contributed by atoms with E-state index in [0.29, 0.717) is 5.56 Å². The second kappa shape index (κ2) is 4.85. The van der Waals surface area contributed by atoms with Crippen molar-refractivity contribution in [1.82, 2.24) is 0 Å². The molecule has 1 aromatic rings. The van der Waals surface area contributed by atoms with E-state index in [0.717, 1.165) is 6.07 Å².